The second-order valence-electron chi connectivity index (χ2n) is 8.86. The molecule has 1 amide bonds. The van der Waals surface area contributed by atoms with Gasteiger partial charge in [-0.05, 0) is 56.6 Å². The number of amides is 1. The number of fused-ring (bicyclic) bond motifs is 1. The number of thiophene rings is 2. The number of anilines is 1. The first kappa shape index (κ1) is 26.6. The first-order chi connectivity index (χ1) is 17.4. The molecule has 1 N–H and O–H groups in total. The molecule has 0 bridgehead atoms. The predicted molar refractivity (Wildman–Crippen MR) is 148 cm³/mol. The molecule has 1 aliphatic carbocycles. The monoisotopic (exact) mass is 544 g/mol. The fourth-order valence-corrected chi connectivity index (χ4v) is 7.65. The van der Waals surface area contributed by atoms with Crippen molar-refractivity contribution in [1.82, 2.24) is 14.8 Å². The van der Waals surface area contributed by atoms with E-state index in [9.17, 15) is 9.59 Å². The Morgan fingerprint density at radius 2 is 2.17 bits per heavy atom. The molecule has 0 saturated carbocycles. The van der Waals surface area contributed by atoms with Gasteiger partial charge in [0.15, 0.2) is 11.0 Å². The average molecular weight is 545 g/mol. The number of nitrogens with zero attached hydrogens (tertiary/aromatic N) is 3. The van der Waals surface area contributed by atoms with Crippen LogP contribution in [-0.2, 0) is 35.3 Å². The van der Waals surface area contributed by atoms with E-state index in [4.69, 9.17) is 4.74 Å². The highest BCUT2D eigenvalue weighted by atomic mass is 32.2. The number of carbonyl (C=O) groups is 2. The van der Waals surface area contributed by atoms with Crippen LogP contribution in [0.25, 0.3) is 11.4 Å². The van der Waals surface area contributed by atoms with Crippen LogP contribution in [0, 0.1) is 12.8 Å². The Hall–Kier alpha value is -2.43. The summed E-state index contributed by atoms with van der Waals surface area (Å²) in [4.78, 5) is 28.2. The number of carbonyl (C=O) groups excluding carboxylic acids is 2. The number of esters is 1. The van der Waals surface area contributed by atoms with E-state index in [-0.39, 0.29) is 17.6 Å². The lowest BCUT2D eigenvalue weighted by Gasteiger charge is -2.18. The minimum Gasteiger partial charge on any atom is -0.462 e. The summed E-state index contributed by atoms with van der Waals surface area (Å²) in [5, 5.41) is 15.2. The van der Waals surface area contributed by atoms with Crippen LogP contribution in [0.4, 0.5) is 5.00 Å². The van der Waals surface area contributed by atoms with Crippen LogP contribution in [-0.4, -0.2) is 39.0 Å². The van der Waals surface area contributed by atoms with E-state index in [1.165, 1.54) is 38.4 Å². The zero-order chi connectivity index (χ0) is 25.8. The summed E-state index contributed by atoms with van der Waals surface area (Å²) in [6, 6.07) is 0. The third-order valence-electron chi connectivity index (χ3n) is 6.30. The van der Waals surface area contributed by atoms with Crippen LogP contribution in [0.1, 0.15) is 58.4 Å². The summed E-state index contributed by atoms with van der Waals surface area (Å²) in [5.41, 5.74) is 3.92. The van der Waals surface area contributed by atoms with Crippen molar-refractivity contribution >= 4 is 51.3 Å². The van der Waals surface area contributed by atoms with E-state index in [2.05, 4.69) is 48.2 Å². The largest absolute Gasteiger partial charge is 0.462 e. The number of aryl methyl sites for hydroxylation is 1. The van der Waals surface area contributed by atoms with Crippen LogP contribution in [0.3, 0.4) is 0 Å². The van der Waals surface area contributed by atoms with Crippen molar-refractivity contribution < 1.29 is 14.3 Å². The second-order valence-corrected chi connectivity index (χ2v) is 12.0. The molecule has 3 aromatic rings. The molecule has 1 unspecified atom stereocenters. The molecule has 0 radical (unpaired) electrons. The molecule has 1 aliphatic rings. The van der Waals surface area contributed by atoms with Crippen molar-refractivity contribution in [2.75, 3.05) is 17.7 Å². The summed E-state index contributed by atoms with van der Waals surface area (Å²) in [7, 11) is 0. The molecular weight excluding hydrogens is 513 g/mol. The third kappa shape index (κ3) is 5.45. The van der Waals surface area contributed by atoms with Gasteiger partial charge in [-0.25, -0.2) is 4.79 Å². The van der Waals surface area contributed by atoms with Gasteiger partial charge < -0.3 is 10.1 Å². The number of aromatic nitrogens is 3. The average Bonchev–Trinajstić information content (AvgIpc) is 3.52. The molecular formula is C26H32N4O3S3. The van der Waals surface area contributed by atoms with E-state index in [0.29, 0.717) is 34.8 Å². The lowest BCUT2D eigenvalue weighted by molar-refractivity contribution is -0.113. The molecule has 0 saturated heterocycles. The van der Waals surface area contributed by atoms with Gasteiger partial charge in [0.25, 0.3) is 0 Å². The quantitative estimate of drug-likeness (QED) is 0.187. The van der Waals surface area contributed by atoms with Crippen molar-refractivity contribution in [2.24, 2.45) is 5.92 Å². The first-order valence-corrected chi connectivity index (χ1v) is 14.9. The van der Waals surface area contributed by atoms with Crippen LogP contribution < -0.4 is 5.32 Å². The highest BCUT2D eigenvalue weighted by molar-refractivity contribution is 7.99. The third-order valence-corrected chi connectivity index (χ3v) is 9.39. The van der Waals surface area contributed by atoms with Gasteiger partial charge in [0, 0.05) is 27.2 Å². The van der Waals surface area contributed by atoms with Crippen LogP contribution in [0.5, 0.6) is 0 Å². The standard InChI is InChI=1S/C26H32N4O3S3/c1-6-11-30-23(19-13-34-16(5)17(19)7-2)28-29-26(30)35-14-21(31)27-24-22(25(32)33-8-3)18-10-9-15(4)12-20(18)36-24/h6,13,15H,1,7-12,14H2,2-5H3,(H,27,31). The van der Waals surface area contributed by atoms with E-state index < -0.39 is 0 Å². The minimum atomic E-state index is -0.361. The van der Waals surface area contributed by atoms with Gasteiger partial charge in [0.05, 0.1) is 17.9 Å². The topological polar surface area (TPSA) is 86.1 Å². The molecule has 4 rings (SSSR count). The van der Waals surface area contributed by atoms with Crippen molar-refractivity contribution in [1.29, 1.82) is 0 Å². The molecule has 1 atom stereocenters. The Balaban J connectivity index is 1.52. The molecule has 10 heteroatoms. The van der Waals surface area contributed by atoms with Gasteiger partial charge in [0.2, 0.25) is 5.91 Å². The zero-order valence-electron chi connectivity index (χ0n) is 21.2. The summed E-state index contributed by atoms with van der Waals surface area (Å²) in [6.07, 6.45) is 5.52. The fraction of sp³-hybridized carbons (Fsp3) is 0.462. The maximum absolute atomic E-state index is 13.0. The van der Waals surface area contributed by atoms with Crippen LogP contribution >= 0.6 is 34.4 Å². The molecule has 3 aromatic heterocycles. The Morgan fingerprint density at radius 1 is 1.36 bits per heavy atom. The molecule has 192 valence electrons. The van der Waals surface area contributed by atoms with Crippen molar-refractivity contribution in [3.05, 3.63) is 44.5 Å². The van der Waals surface area contributed by atoms with E-state index in [1.807, 2.05) is 10.6 Å². The first-order valence-electron chi connectivity index (χ1n) is 12.2. The summed E-state index contributed by atoms with van der Waals surface area (Å²) >= 11 is 4.54. The molecule has 7 nitrogen and oxygen atoms in total. The van der Waals surface area contributed by atoms with Gasteiger partial charge >= 0.3 is 5.97 Å². The van der Waals surface area contributed by atoms with Crippen molar-refractivity contribution in [3.63, 3.8) is 0 Å². The van der Waals surface area contributed by atoms with Gasteiger partial charge in [-0.15, -0.1) is 39.4 Å². The molecule has 0 fully saturated rings. The number of nitrogens with one attached hydrogen (secondary N) is 1. The second kappa shape index (κ2) is 11.7. The van der Waals surface area contributed by atoms with Gasteiger partial charge in [-0.3, -0.25) is 9.36 Å². The summed E-state index contributed by atoms with van der Waals surface area (Å²) in [6.45, 7) is 13.0. The lowest BCUT2D eigenvalue weighted by atomic mass is 9.88. The molecule has 0 aliphatic heterocycles. The normalized spacial score (nSPS) is 14.9. The molecule has 36 heavy (non-hydrogen) atoms. The van der Waals surface area contributed by atoms with Crippen molar-refractivity contribution in [2.45, 2.75) is 65.1 Å². The number of hydrogen-bond acceptors (Lipinski definition) is 8. The Kier molecular flexibility index (Phi) is 8.69. The Labute approximate surface area is 224 Å². The number of allylic oxidation sites excluding steroid dienone is 1. The van der Waals surface area contributed by atoms with Gasteiger partial charge in [0.1, 0.15) is 5.00 Å². The smallest absolute Gasteiger partial charge is 0.341 e. The number of thioether (sulfide) groups is 1. The zero-order valence-corrected chi connectivity index (χ0v) is 23.6. The number of ether oxygens (including phenoxy) is 1. The van der Waals surface area contributed by atoms with Crippen molar-refractivity contribution in [3.8, 4) is 11.4 Å². The molecule has 3 heterocycles. The minimum absolute atomic E-state index is 0.153. The fourth-order valence-electron chi connectivity index (χ4n) is 4.55. The Morgan fingerprint density at radius 3 is 2.89 bits per heavy atom. The van der Waals surface area contributed by atoms with Crippen LogP contribution in [0.2, 0.25) is 0 Å². The van der Waals surface area contributed by atoms with E-state index in [0.717, 1.165) is 42.6 Å². The summed E-state index contributed by atoms with van der Waals surface area (Å²) < 4.78 is 7.32. The number of hydrogen-bond donors (Lipinski definition) is 1. The van der Waals surface area contributed by atoms with E-state index >= 15 is 0 Å². The predicted octanol–water partition coefficient (Wildman–Crippen LogP) is 6.16. The maximum Gasteiger partial charge on any atom is 0.341 e. The van der Waals surface area contributed by atoms with E-state index in [1.54, 1.807) is 18.3 Å². The molecule has 0 aromatic carbocycles. The van der Waals surface area contributed by atoms with Crippen LogP contribution in [0.15, 0.2) is 23.2 Å². The Bertz CT molecular complexity index is 1270. The lowest BCUT2D eigenvalue weighted by Crippen LogP contribution is -2.18. The maximum atomic E-state index is 13.0. The highest BCUT2D eigenvalue weighted by Gasteiger charge is 2.29. The van der Waals surface area contributed by atoms with Gasteiger partial charge in [-0.2, -0.15) is 0 Å². The summed E-state index contributed by atoms with van der Waals surface area (Å²) in [5.74, 6) is 0.965. The SMILES string of the molecule is C=CCn1c(SCC(=O)Nc2sc3c(c2C(=O)OCC)CCC(C)C3)nnc1-c1csc(C)c1CC. The number of rotatable bonds is 10. The van der Waals surface area contributed by atoms with Gasteiger partial charge in [-0.1, -0.05) is 31.7 Å². The highest BCUT2D eigenvalue weighted by Crippen LogP contribution is 2.40. The molecule has 0 spiro atoms.